The van der Waals surface area contributed by atoms with Gasteiger partial charge in [-0.25, -0.2) is 4.68 Å². The van der Waals surface area contributed by atoms with Crippen LogP contribution in [0.25, 0.3) is 0 Å². The van der Waals surface area contributed by atoms with Gasteiger partial charge in [0.05, 0.1) is 18.4 Å². The van der Waals surface area contributed by atoms with Crippen molar-refractivity contribution in [1.82, 2.24) is 15.1 Å². The van der Waals surface area contributed by atoms with E-state index in [1.54, 1.807) is 7.05 Å². The lowest BCUT2D eigenvalue weighted by Crippen LogP contribution is -2.32. The van der Waals surface area contributed by atoms with Crippen LogP contribution in [0.4, 0.5) is 5.69 Å². The summed E-state index contributed by atoms with van der Waals surface area (Å²) < 4.78 is 1.58. The Balaban J connectivity index is 1.79. The Labute approximate surface area is 136 Å². The van der Waals surface area contributed by atoms with Gasteiger partial charge < -0.3 is 10.6 Å². The van der Waals surface area contributed by atoms with Gasteiger partial charge in [0.2, 0.25) is 5.91 Å². The van der Waals surface area contributed by atoms with E-state index in [0.29, 0.717) is 16.7 Å². The smallest absolute Gasteiger partial charge is 0.282 e. The highest BCUT2D eigenvalue weighted by atomic mass is 79.9. The maximum absolute atomic E-state index is 11.8. The predicted molar refractivity (Wildman–Crippen MR) is 88.8 cm³/mol. The number of anilines is 1. The maximum atomic E-state index is 11.8. The van der Waals surface area contributed by atoms with E-state index in [0.717, 1.165) is 6.42 Å². The van der Waals surface area contributed by atoms with Crippen molar-refractivity contribution in [2.45, 2.75) is 6.42 Å². The largest absolute Gasteiger partial charge is 0.374 e. The molecule has 1 aromatic carbocycles. The van der Waals surface area contributed by atoms with E-state index in [4.69, 9.17) is 0 Å². The molecule has 0 aliphatic carbocycles. The topological polar surface area (TPSA) is 76.0 Å². The van der Waals surface area contributed by atoms with Crippen LogP contribution in [-0.4, -0.2) is 28.8 Å². The lowest BCUT2D eigenvalue weighted by atomic mass is 10.1. The van der Waals surface area contributed by atoms with Crippen molar-refractivity contribution in [2.24, 2.45) is 7.05 Å². The molecule has 0 bridgehead atoms. The van der Waals surface area contributed by atoms with Crippen LogP contribution in [0.1, 0.15) is 5.56 Å². The molecule has 2 rings (SSSR count). The van der Waals surface area contributed by atoms with Crippen LogP contribution in [0.5, 0.6) is 0 Å². The molecule has 2 N–H and O–H groups in total. The number of aryl methyl sites for hydroxylation is 1. The van der Waals surface area contributed by atoms with Crippen molar-refractivity contribution in [3.05, 3.63) is 56.9 Å². The van der Waals surface area contributed by atoms with Crippen molar-refractivity contribution >= 4 is 27.5 Å². The standard InChI is InChI=1S/C15H17BrN4O2/c1-20-15(22)14(16)12(9-19-20)18-10-13(21)17-8-7-11-5-3-2-4-6-11/h2-6,9,18H,7-8,10H2,1H3,(H,17,21). The van der Waals surface area contributed by atoms with Gasteiger partial charge in [0.25, 0.3) is 5.56 Å². The Hall–Kier alpha value is -2.15. The minimum atomic E-state index is -0.255. The fraction of sp³-hybridized carbons (Fsp3) is 0.267. The SMILES string of the molecule is Cn1ncc(NCC(=O)NCCc2ccccc2)c(Br)c1=O. The molecule has 22 heavy (non-hydrogen) atoms. The van der Waals surface area contributed by atoms with Gasteiger partial charge in [-0.05, 0) is 27.9 Å². The Kier molecular flexibility index (Phi) is 5.71. The van der Waals surface area contributed by atoms with Crippen LogP contribution in [0.2, 0.25) is 0 Å². The summed E-state index contributed by atoms with van der Waals surface area (Å²) in [6, 6.07) is 9.94. The number of rotatable bonds is 6. The quantitative estimate of drug-likeness (QED) is 0.810. The Morgan fingerprint density at radius 3 is 2.77 bits per heavy atom. The van der Waals surface area contributed by atoms with Gasteiger partial charge in [0.1, 0.15) is 4.47 Å². The summed E-state index contributed by atoms with van der Waals surface area (Å²) in [5.41, 5.74) is 1.42. The number of halogens is 1. The summed E-state index contributed by atoms with van der Waals surface area (Å²) in [5.74, 6) is -0.136. The first-order valence-electron chi connectivity index (χ1n) is 6.84. The zero-order valence-electron chi connectivity index (χ0n) is 12.2. The van der Waals surface area contributed by atoms with Gasteiger partial charge in [-0.2, -0.15) is 5.10 Å². The zero-order valence-corrected chi connectivity index (χ0v) is 13.8. The highest BCUT2D eigenvalue weighted by molar-refractivity contribution is 9.10. The first kappa shape index (κ1) is 16.2. The van der Waals surface area contributed by atoms with E-state index in [9.17, 15) is 9.59 Å². The van der Waals surface area contributed by atoms with Crippen LogP contribution in [0.15, 0.2) is 45.8 Å². The van der Waals surface area contributed by atoms with Crippen molar-refractivity contribution < 1.29 is 4.79 Å². The molecule has 0 fully saturated rings. The van der Waals surface area contributed by atoms with Crippen LogP contribution in [0.3, 0.4) is 0 Å². The molecule has 2 aromatic rings. The molecule has 0 aliphatic rings. The number of benzene rings is 1. The lowest BCUT2D eigenvalue weighted by Gasteiger charge is -2.09. The molecule has 6 nitrogen and oxygen atoms in total. The molecule has 0 radical (unpaired) electrons. The van der Waals surface area contributed by atoms with Crippen molar-refractivity contribution in [1.29, 1.82) is 0 Å². The summed E-state index contributed by atoms with van der Waals surface area (Å²) in [4.78, 5) is 23.5. The maximum Gasteiger partial charge on any atom is 0.282 e. The monoisotopic (exact) mass is 364 g/mol. The average molecular weight is 365 g/mol. The molecule has 0 saturated carbocycles. The fourth-order valence-electron chi connectivity index (χ4n) is 1.86. The summed E-state index contributed by atoms with van der Waals surface area (Å²) >= 11 is 3.20. The molecule has 1 amide bonds. The van der Waals surface area contributed by atoms with E-state index in [-0.39, 0.29) is 18.0 Å². The Bertz CT molecular complexity index is 700. The number of nitrogens with zero attached hydrogens (tertiary/aromatic N) is 2. The van der Waals surface area contributed by atoms with E-state index in [1.807, 2.05) is 30.3 Å². The number of hydrogen-bond donors (Lipinski definition) is 2. The summed E-state index contributed by atoms with van der Waals surface area (Å²) in [7, 11) is 1.56. The van der Waals surface area contributed by atoms with E-state index >= 15 is 0 Å². The summed E-state index contributed by atoms with van der Waals surface area (Å²) in [6.45, 7) is 0.655. The lowest BCUT2D eigenvalue weighted by molar-refractivity contribution is -0.119. The second-order valence-electron chi connectivity index (χ2n) is 4.74. The van der Waals surface area contributed by atoms with E-state index in [1.165, 1.54) is 16.4 Å². The molecule has 0 unspecified atom stereocenters. The van der Waals surface area contributed by atoms with E-state index in [2.05, 4.69) is 31.7 Å². The number of aromatic nitrogens is 2. The molecule has 116 valence electrons. The summed E-state index contributed by atoms with van der Waals surface area (Å²) in [5, 5.41) is 9.62. The van der Waals surface area contributed by atoms with Crippen LogP contribution >= 0.6 is 15.9 Å². The van der Waals surface area contributed by atoms with Gasteiger partial charge in [-0.15, -0.1) is 0 Å². The Morgan fingerprint density at radius 1 is 1.32 bits per heavy atom. The average Bonchev–Trinajstić information content (AvgIpc) is 2.53. The molecule has 0 saturated heterocycles. The normalized spacial score (nSPS) is 10.3. The highest BCUT2D eigenvalue weighted by Crippen LogP contribution is 2.15. The first-order valence-corrected chi connectivity index (χ1v) is 7.63. The Morgan fingerprint density at radius 2 is 2.05 bits per heavy atom. The second kappa shape index (κ2) is 7.74. The highest BCUT2D eigenvalue weighted by Gasteiger charge is 2.08. The molecule has 1 heterocycles. The third-order valence-electron chi connectivity index (χ3n) is 3.10. The fourth-order valence-corrected chi connectivity index (χ4v) is 2.36. The van der Waals surface area contributed by atoms with E-state index < -0.39 is 0 Å². The molecule has 1 aromatic heterocycles. The van der Waals surface area contributed by atoms with Gasteiger partial charge >= 0.3 is 0 Å². The number of nitrogens with one attached hydrogen (secondary N) is 2. The van der Waals surface area contributed by atoms with Crippen molar-refractivity contribution in [3.8, 4) is 0 Å². The van der Waals surface area contributed by atoms with Crippen LogP contribution in [-0.2, 0) is 18.3 Å². The van der Waals surface area contributed by atoms with Gasteiger partial charge in [-0.3, -0.25) is 9.59 Å². The van der Waals surface area contributed by atoms with Gasteiger partial charge in [0.15, 0.2) is 0 Å². The third kappa shape index (κ3) is 4.42. The molecule has 0 aliphatic heterocycles. The third-order valence-corrected chi connectivity index (χ3v) is 3.86. The number of carbonyl (C=O) groups excluding carboxylic acids is 1. The van der Waals surface area contributed by atoms with Crippen LogP contribution in [0, 0.1) is 0 Å². The molecule has 0 atom stereocenters. The predicted octanol–water partition coefficient (Wildman–Crippen LogP) is 1.31. The zero-order chi connectivity index (χ0) is 15.9. The van der Waals surface area contributed by atoms with Crippen molar-refractivity contribution in [2.75, 3.05) is 18.4 Å². The number of hydrogen-bond acceptors (Lipinski definition) is 4. The van der Waals surface area contributed by atoms with Gasteiger partial charge in [0, 0.05) is 13.6 Å². The van der Waals surface area contributed by atoms with Crippen molar-refractivity contribution in [3.63, 3.8) is 0 Å². The first-order chi connectivity index (χ1) is 10.6. The van der Waals surface area contributed by atoms with Gasteiger partial charge in [-0.1, -0.05) is 30.3 Å². The number of amides is 1. The molecule has 7 heteroatoms. The second-order valence-corrected chi connectivity index (χ2v) is 5.53. The van der Waals surface area contributed by atoms with Crippen LogP contribution < -0.4 is 16.2 Å². The summed E-state index contributed by atoms with van der Waals surface area (Å²) in [6.07, 6.45) is 2.28. The molecular weight excluding hydrogens is 348 g/mol. The molecular formula is C15H17BrN4O2. The number of carbonyl (C=O) groups is 1. The minimum absolute atomic E-state index is 0.0856. The minimum Gasteiger partial charge on any atom is -0.374 e. The molecule has 0 spiro atoms.